The summed E-state index contributed by atoms with van der Waals surface area (Å²) in [4.78, 5) is 28.5. The van der Waals surface area contributed by atoms with Crippen LogP contribution in [0.25, 0.3) is 10.9 Å². The molecule has 2 aromatic carbocycles. The fraction of sp³-hybridized carbons (Fsp3) is 0.269. The Morgan fingerprint density at radius 2 is 1.89 bits per heavy atom. The van der Waals surface area contributed by atoms with Crippen LogP contribution in [0.2, 0.25) is 0 Å². The van der Waals surface area contributed by atoms with Crippen LogP contribution in [0.15, 0.2) is 42.7 Å². The molecular formula is C26H27F2N7O2. The monoisotopic (exact) mass is 507 g/mol. The summed E-state index contributed by atoms with van der Waals surface area (Å²) in [6.45, 7) is 5.45. The van der Waals surface area contributed by atoms with E-state index in [0.29, 0.717) is 11.4 Å². The lowest BCUT2D eigenvalue weighted by atomic mass is 10.2. The summed E-state index contributed by atoms with van der Waals surface area (Å²) in [5, 5.41) is 5.74. The number of ether oxygens (including phenoxy) is 1. The van der Waals surface area contributed by atoms with Crippen molar-refractivity contribution in [3.05, 3.63) is 65.6 Å². The molecule has 1 saturated heterocycles. The number of amides is 1. The zero-order valence-corrected chi connectivity index (χ0v) is 20.7. The minimum Gasteiger partial charge on any atom is -0.435 e. The van der Waals surface area contributed by atoms with Gasteiger partial charge in [0, 0.05) is 61.7 Å². The minimum absolute atomic E-state index is 0.0409. The molecule has 0 atom stereocenters. The third-order valence-corrected chi connectivity index (χ3v) is 6.35. The number of carbonyl (C=O) groups excluding carboxylic acids is 1. The van der Waals surface area contributed by atoms with Crippen molar-refractivity contribution >= 4 is 34.0 Å². The van der Waals surface area contributed by atoms with E-state index in [1.807, 2.05) is 24.3 Å². The molecule has 37 heavy (non-hydrogen) atoms. The second-order valence-corrected chi connectivity index (χ2v) is 8.96. The van der Waals surface area contributed by atoms with E-state index in [1.54, 1.807) is 6.92 Å². The number of nitrogens with one attached hydrogen (secondary N) is 3. The van der Waals surface area contributed by atoms with E-state index < -0.39 is 23.3 Å². The topological polar surface area (TPSA) is 98.4 Å². The van der Waals surface area contributed by atoms with E-state index in [-0.39, 0.29) is 28.2 Å². The highest BCUT2D eigenvalue weighted by Crippen LogP contribution is 2.35. The van der Waals surface area contributed by atoms with Gasteiger partial charge in [-0.1, -0.05) is 6.07 Å². The van der Waals surface area contributed by atoms with Gasteiger partial charge >= 0.3 is 0 Å². The number of likely N-dealkylation sites (N-methyl/N-ethyl adjacent to an activating group) is 1. The van der Waals surface area contributed by atoms with Crippen LogP contribution in [0.5, 0.6) is 11.6 Å². The quantitative estimate of drug-likeness (QED) is 0.360. The summed E-state index contributed by atoms with van der Waals surface area (Å²) in [7, 11) is 3.55. The number of aryl methyl sites for hydroxylation is 1. The Morgan fingerprint density at radius 3 is 2.65 bits per heavy atom. The molecule has 9 nitrogen and oxygen atoms in total. The maximum Gasteiger partial charge on any atom is 0.260 e. The first-order valence-electron chi connectivity index (χ1n) is 11.9. The summed E-state index contributed by atoms with van der Waals surface area (Å²) in [6.07, 6.45) is 1.20. The average Bonchev–Trinajstić information content (AvgIpc) is 3.30. The van der Waals surface area contributed by atoms with Crippen molar-refractivity contribution in [2.45, 2.75) is 6.92 Å². The predicted molar refractivity (Wildman–Crippen MR) is 138 cm³/mol. The highest BCUT2D eigenvalue weighted by Gasteiger charge is 2.24. The number of halogens is 2. The second kappa shape index (κ2) is 10.0. The number of aromatic amines is 1. The average molecular weight is 508 g/mol. The first-order chi connectivity index (χ1) is 17.8. The van der Waals surface area contributed by atoms with Gasteiger partial charge in [-0.25, -0.2) is 18.7 Å². The number of fused-ring (bicyclic) bond motifs is 1. The molecule has 4 aromatic rings. The van der Waals surface area contributed by atoms with Crippen molar-refractivity contribution in [1.29, 1.82) is 0 Å². The molecule has 0 saturated carbocycles. The molecule has 1 amide bonds. The fourth-order valence-electron chi connectivity index (χ4n) is 4.37. The molecule has 11 heteroatoms. The second-order valence-electron chi connectivity index (χ2n) is 8.96. The molecule has 1 aliphatic rings. The van der Waals surface area contributed by atoms with Gasteiger partial charge in [0.15, 0.2) is 23.2 Å². The Morgan fingerprint density at radius 1 is 1.11 bits per heavy atom. The maximum atomic E-state index is 15.2. The van der Waals surface area contributed by atoms with Crippen LogP contribution in [0.4, 0.5) is 26.0 Å². The number of benzene rings is 2. The van der Waals surface area contributed by atoms with Gasteiger partial charge in [-0.15, -0.1) is 0 Å². The van der Waals surface area contributed by atoms with Crippen LogP contribution in [0.3, 0.4) is 0 Å². The van der Waals surface area contributed by atoms with E-state index in [1.165, 1.54) is 19.4 Å². The van der Waals surface area contributed by atoms with Gasteiger partial charge in [-0.3, -0.25) is 4.79 Å². The van der Waals surface area contributed by atoms with Gasteiger partial charge in [0.2, 0.25) is 5.88 Å². The lowest BCUT2D eigenvalue weighted by molar-refractivity contribution is 0.0960. The maximum absolute atomic E-state index is 15.2. The van der Waals surface area contributed by atoms with Crippen molar-refractivity contribution in [2.24, 2.45) is 0 Å². The Hall–Kier alpha value is -4.25. The smallest absolute Gasteiger partial charge is 0.260 e. The molecule has 0 spiro atoms. The third-order valence-electron chi connectivity index (χ3n) is 6.35. The number of hydrogen-bond acceptors (Lipinski definition) is 7. The van der Waals surface area contributed by atoms with Gasteiger partial charge in [-0.05, 0) is 38.2 Å². The molecule has 0 unspecified atom stereocenters. The number of piperazine rings is 1. The van der Waals surface area contributed by atoms with Gasteiger partial charge in [-0.2, -0.15) is 0 Å². The summed E-state index contributed by atoms with van der Waals surface area (Å²) in [5.74, 6) is -2.44. The van der Waals surface area contributed by atoms with E-state index in [0.717, 1.165) is 37.9 Å². The standard InChI is InChI=1S/C26H27F2N7O2/c1-15-11-18-22(28)20(13-19(27)23(18)32-15)37-26-21(25(36)29-2)24(30-14-31-26)33-16-5-4-6-17(12-16)35-9-7-34(3)8-10-35/h4-6,11-14,32H,7-10H2,1-3H3,(H,29,36)(H,30,31,33). The van der Waals surface area contributed by atoms with E-state index in [4.69, 9.17) is 4.74 Å². The molecule has 2 aromatic heterocycles. The normalized spacial score (nSPS) is 14.1. The lowest BCUT2D eigenvalue weighted by Gasteiger charge is -2.34. The van der Waals surface area contributed by atoms with Gasteiger partial charge in [0.05, 0.1) is 5.52 Å². The number of aromatic nitrogens is 3. The number of nitrogens with zero attached hydrogens (tertiary/aromatic N) is 4. The zero-order chi connectivity index (χ0) is 26.1. The summed E-state index contributed by atoms with van der Waals surface area (Å²) in [6, 6.07) is 10.2. The molecule has 0 aliphatic carbocycles. The van der Waals surface area contributed by atoms with Crippen LogP contribution in [0, 0.1) is 18.6 Å². The Labute approximate surface area is 212 Å². The SMILES string of the molecule is CNC(=O)c1c(Nc2cccc(N3CCN(C)CC3)c2)ncnc1Oc1cc(F)c2[nH]c(C)cc2c1F. The third kappa shape index (κ3) is 4.90. The van der Waals surface area contributed by atoms with Crippen molar-refractivity contribution < 1.29 is 18.3 Å². The number of H-pyrrole nitrogens is 1. The van der Waals surface area contributed by atoms with Crippen LogP contribution in [-0.2, 0) is 0 Å². The van der Waals surface area contributed by atoms with Gasteiger partial charge < -0.3 is 30.2 Å². The predicted octanol–water partition coefficient (Wildman–Crippen LogP) is 4.19. The summed E-state index contributed by atoms with van der Waals surface area (Å²) < 4.78 is 35.5. The molecule has 1 fully saturated rings. The van der Waals surface area contributed by atoms with E-state index >= 15 is 4.39 Å². The Bertz CT molecular complexity index is 1470. The van der Waals surface area contributed by atoms with Crippen LogP contribution in [0.1, 0.15) is 16.1 Å². The molecule has 0 bridgehead atoms. The van der Waals surface area contributed by atoms with E-state index in [9.17, 15) is 9.18 Å². The number of carbonyl (C=O) groups is 1. The summed E-state index contributed by atoms with van der Waals surface area (Å²) >= 11 is 0. The highest BCUT2D eigenvalue weighted by atomic mass is 19.1. The number of anilines is 3. The number of hydrogen-bond donors (Lipinski definition) is 3. The lowest BCUT2D eigenvalue weighted by Crippen LogP contribution is -2.44. The van der Waals surface area contributed by atoms with E-state index in [2.05, 4.69) is 42.4 Å². The Kier molecular flexibility index (Phi) is 6.62. The highest BCUT2D eigenvalue weighted by molar-refractivity contribution is 6.01. The van der Waals surface area contributed by atoms with Crippen molar-refractivity contribution in [3.63, 3.8) is 0 Å². The molecule has 3 heterocycles. The number of rotatable bonds is 6. The van der Waals surface area contributed by atoms with Crippen molar-refractivity contribution in [2.75, 3.05) is 50.5 Å². The summed E-state index contributed by atoms with van der Waals surface area (Å²) in [5.41, 5.74) is 2.34. The molecule has 0 radical (unpaired) electrons. The molecule has 3 N–H and O–H groups in total. The zero-order valence-electron chi connectivity index (χ0n) is 20.7. The van der Waals surface area contributed by atoms with Crippen molar-refractivity contribution in [1.82, 2.24) is 25.2 Å². The molecule has 192 valence electrons. The van der Waals surface area contributed by atoms with Crippen LogP contribution >= 0.6 is 0 Å². The largest absolute Gasteiger partial charge is 0.435 e. The van der Waals surface area contributed by atoms with Crippen LogP contribution in [-0.4, -0.2) is 66.0 Å². The van der Waals surface area contributed by atoms with Gasteiger partial charge in [0.1, 0.15) is 11.9 Å². The van der Waals surface area contributed by atoms with Gasteiger partial charge in [0.25, 0.3) is 5.91 Å². The molecule has 1 aliphatic heterocycles. The minimum atomic E-state index is -0.767. The first-order valence-corrected chi connectivity index (χ1v) is 11.9. The molecule has 5 rings (SSSR count). The first kappa shape index (κ1) is 24.4. The molecular weight excluding hydrogens is 480 g/mol. The fourth-order valence-corrected chi connectivity index (χ4v) is 4.37. The van der Waals surface area contributed by atoms with Crippen LogP contribution < -0.4 is 20.3 Å². The van der Waals surface area contributed by atoms with Crippen molar-refractivity contribution in [3.8, 4) is 11.6 Å². The Balaban J connectivity index is 1.48.